The molecular weight excluding hydrogens is 276 g/mol. The number of carbonyl (C=O) groups excluding carboxylic acids is 1. The van der Waals surface area contributed by atoms with E-state index < -0.39 is 5.60 Å². The number of aryl methyl sites for hydroxylation is 1. The third-order valence-electron chi connectivity index (χ3n) is 4.43. The largest absolute Gasteiger partial charge is 0.444 e. The van der Waals surface area contributed by atoms with E-state index in [1.807, 2.05) is 20.8 Å². The van der Waals surface area contributed by atoms with Gasteiger partial charge in [-0.3, -0.25) is 0 Å². The molecule has 4 nitrogen and oxygen atoms in total. The van der Waals surface area contributed by atoms with E-state index in [1.54, 1.807) is 4.90 Å². The van der Waals surface area contributed by atoms with Crippen molar-refractivity contribution in [3.8, 4) is 0 Å². The maximum atomic E-state index is 12.2. The van der Waals surface area contributed by atoms with E-state index in [2.05, 4.69) is 31.2 Å². The fraction of sp³-hybridized carbons (Fsp3) is 0.611. The molecular formula is C18H28N2O2. The quantitative estimate of drug-likeness (QED) is 0.912. The summed E-state index contributed by atoms with van der Waals surface area (Å²) in [5, 5.41) is 0. The molecule has 0 spiro atoms. The zero-order valence-electron chi connectivity index (χ0n) is 14.2. The van der Waals surface area contributed by atoms with Gasteiger partial charge in [-0.1, -0.05) is 29.8 Å². The van der Waals surface area contributed by atoms with E-state index in [4.69, 9.17) is 10.5 Å². The number of amides is 1. The topological polar surface area (TPSA) is 55.6 Å². The average molecular weight is 304 g/mol. The fourth-order valence-electron chi connectivity index (χ4n) is 2.96. The van der Waals surface area contributed by atoms with Crippen LogP contribution in [-0.4, -0.2) is 36.2 Å². The molecule has 1 aliphatic rings. The van der Waals surface area contributed by atoms with Gasteiger partial charge in [0.1, 0.15) is 5.60 Å². The van der Waals surface area contributed by atoms with Crippen LogP contribution in [0.25, 0.3) is 0 Å². The van der Waals surface area contributed by atoms with E-state index >= 15 is 0 Å². The van der Waals surface area contributed by atoms with Gasteiger partial charge in [0.15, 0.2) is 0 Å². The lowest BCUT2D eigenvalue weighted by Gasteiger charge is -2.41. The average Bonchev–Trinajstić information content (AvgIpc) is 2.46. The first-order valence-electron chi connectivity index (χ1n) is 8.01. The Bertz CT molecular complexity index is 509. The lowest BCUT2D eigenvalue weighted by molar-refractivity contribution is 0.0167. The Morgan fingerprint density at radius 2 is 1.77 bits per heavy atom. The highest BCUT2D eigenvalue weighted by Crippen LogP contribution is 2.35. The van der Waals surface area contributed by atoms with Crippen LogP contribution in [0.4, 0.5) is 4.79 Å². The predicted molar refractivity (Wildman–Crippen MR) is 89.0 cm³/mol. The molecule has 1 aromatic carbocycles. The number of ether oxygens (including phenoxy) is 1. The minimum atomic E-state index is -0.448. The third-order valence-corrected chi connectivity index (χ3v) is 4.43. The zero-order chi connectivity index (χ0) is 16.4. The molecule has 0 aromatic heterocycles. The normalized spacial score (nSPS) is 18.1. The van der Waals surface area contributed by atoms with Crippen LogP contribution in [0.1, 0.15) is 44.7 Å². The molecule has 122 valence electrons. The molecule has 2 N–H and O–H groups in total. The van der Waals surface area contributed by atoms with Crippen LogP contribution in [0.2, 0.25) is 0 Å². The molecule has 0 radical (unpaired) electrons. The third kappa shape index (κ3) is 3.80. The minimum absolute atomic E-state index is 0.0216. The highest BCUT2D eigenvalue weighted by atomic mass is 16.6. The zero-order valence-corrected chi connectivity index (χ0v) is 14.2. The van der Waals surface area contributed by atoms with Gasteiger partial charge in [0.25, 0.3) is 0 Å². The van der Waals surface area contributed by atoms with Gasteiger partial charge >= 0.3 is 6.09 Å². The van der Waals surface area contributed by atoms with Crippen LogP contribution in [0.5, 0.6) is 0 Å². The standard InChI is InChI=1S/C18H28N2O2/c1-14-5-7-15(8-6-14)18(13-19)9-11-20(12-10-18)16(21)22-17(2,3)4/h5-8H,9-13,19H2,1-4H3. The van der Waals surface area contributed by atoms with Gasteiger partial charge in [-0.05, 0) is 46.1 Å². The van der Waals surface area contributed by atoms with E-state index in [0.717, 1.165) is 12.8 Å². The molecule has 1 heterocycles. The van der Waals surface area contributed by atoms with Crippen molar-refractivity contribution in [1.82, 2.24) is 4.90 Å². The van der Waals surface area contributed by atoms with Crippen LogP contribution in [-0.2, 0) is 10.2 Å². The Hall–Kier alpha value is -1.55. The summed E-state index contributed by atoms with van der Waals surface area (Å²) in [5.74, 6) is 0. The molecule has 4 heteroatoms. The number of likely N-dealkylation sites (tertiary alicyclic amines) is 1. The predicted octanol–water partition coefficient (Wildman–Crippen LogP) is 3.22. The van der Waals surface area contributed by atoms with Crippen LogP contribution in [0.3, 0.4) is 0 Å². The number of nitrogens with zero attached hydrogens (tertiary/aromatic N) is 1. The monoisotopic (exact) mass is 304 g/mol. The first-order chi connectivity index (χ1) is 10.3. The molecule has 1 aliphatic heterocycles. The second-order valence-electron chi connectivity index (χ2n) is 7.32. The molecule has 0 bridgehead atoms. The second-order valence-corrected chi connectivity index (χ2v) is 7.32. The summed E-state index contributed by atoms with van der Waals surface area (Å²) >= 11 is 0. The van der Waals surface area contributed by atoms with E-state index in [-0.39, 0.29) is 11.5 Å². The minimum Gasteiger partial charge on any atom is -0.444 e. The Labute approximate surface area is 133 Å². The molecule has 0 unspecified atom stereocenters. The van der Waals surface area contributed by atoms with Gasteiger partial charge in [0, 0.05) is 25.0 Å². The Morgan fingerprint density at radius 1 is 1.23 bits per heavy atom. The number of rotatable bonds is 2. The van der Waals surface area contributed by atoms with Crippen molar-refractivity contribution >= 4 is 6.09 Å². The van der Waals surface area contributed by atoms with Gasteiger partial charge in [-0.2, -0.15) is 0 Å². The van der Waals surface area contributed by atoms with Crippen LogP contribution in [0, 0.1) is 6.92 Å². The summed E-state index contributed by atoms with van der Waals surface area (Å²) in [5.41, 5.74) is 8.16. The highest BCUT2D eigenvalue weighted by molar-refractivity contribution is 5.68. The van der Waals surface area contributed by atoms with Crippen molar-refractivity contribution in [2.75, 3.05) is 19.6 Å². The van der Waals surface area contributed by atoms with Crippen LogP contribution >= 0.6 is 0 Å². The Kier molecular flexibility index (Phi) is 4.81. The summed E-state index contributed by atoms with van der Waals surface area (Å²) in [4.78, 5) is 14.0. The fourth-order valence-corrected chi connectivity index (χ4v) is 2.96. The summed E-state index contributed by atoms with van der Waals surface area (Å²) in [7, 11) is 0. The number of hydrogen-bond acceptors (Lipinski definition) is 3. The number of benzene rings is 1. The summed E-state index contributed by atoms with van der Waals surface area (Å²) in [6.07, 6.45) is 1.54. The maximum absolute atomic E-state index is 12.2. The molecule has 2 rings (SSSR count). The van der Waals surface area contributed by atoms with Crippen molar-refractivity contribution in [2.24, 2.45) is 5.73 Å². The number of carbonyl (C=O) groups is 1. The van der Waals surface area contributed by atoms with Crippen LogP contribution < -0.4 is 5.73 Å². The van der Waals surface area contributed by atoms with Crippen molar-refractivity contribution < 1.29 is 9.53 Å². The van der Waals surface area contributed by atoms with Gasteiger partial charge in [-0.15, -0.1) is 0 Å². The van der Waals surface area contributed by atoms with E-state index in [1.165, 1.54) is 11.1 Å². The molecule has 1 fully saturated rings. The second kappa shape index (κ2) is 6.29. The Morgan fingerprint density at radius 3 is 2.23 bits per heavy atom. The summed E-state index contributed by atoms with van der Waals surface area (Å²) in [6.45, 7) is 9.77. The maximum Gasteiger partial charge on any atom is 0.410 e. The van der Waals surface area contributed by atoms with Crippen molar-refractivity contribution in [3.05, 3.63) is 35.4 Å². The molecule has 1 amide bonds. The SMILES string of the molecule is Cc1ccc(C2(CN)CCN(C(=O)OC(C)(C)C)CC2)cc1. The lowest BCUT2D eigenvalue weighted by Crippen LogP contribution is -2.49. The van der Waals surface area contributed by atoms with Crippen molar-refractivity contribution in [3.63, 3.8) is 0 Å². The molecule has 1 aromatic rings. The van der Waals surface area contributed by atoms with Crippen LogP contribution in [0.15, 0.2) is 24.3 Å². The van der Waals surface area contributed by atoms with Gasteiger partial charge in [0.05, 0.1) is 0 Å². The number of nitrogens with two attached hydrogens (primary N) is 1. The molecule has 1 saturated heterocycles. The number of piperidine rings is 1. The molecule has 0 atom stereocenters. The lowest BCUT2D eigenvalue weighted by atomic mass is 9.73. The van der Waals surface area contributed by atoms with Crippen molar-refractivity contribution in [2.45, 2.75) is 51.6 Å². The Balaban J connectivity index is 2.05. The van der Waals surface area contributed by atoms with Gasteiger partial charge < -0.3 is 15.4 Å². The smallest absolute Gasteiger partial charge is 0.410 e. The van der Waals surface area contributed by atoms with Gasteiger partial charge in [0.2, 0.25) is 0 Å². The highest BCUT2D eigenvalue weighted by Gasteiger charge is 2.37. The summed E-state index contributed by atoms with van der Waals surface area (Å²) in [6, 6.07) is 8.61. The molecule has 0 saturated carbocycles. The molecule has 0 aliphatic carbocycles. The molecule has 22 heavy (non-hydrogen) atoms. The van der Waals surface area contributed by atoms with Gasteiger partial charge in [-0.25, -0.2) is 4.79 Å². The first kappa shape index (κ1) is 16.8. The summed E-state index contributed by atoms with van der Waals surface area (Å²) < 4.78 is 5.46. The number of hydrogen-bond donors (Lipinski definition) is 1. The first-order valence-corrected chi connectivity index (χ1v) is 8.01. The van der Waals surface area contributed by atoms with E-state index in [9.17, 15) is 4.79 Å². The van der Waals surface area contributed by atoms with Crippen molar-refractivity contribution in [1.29, 1.82) is 0 Å². The van der Waals surface area contributed by atoms with E-state index in [0.29, 0.717) is 19.6 Å².